The minimum atomic E-state index is -4.66. The molecule has 6 heteroatoms. The largest absolute Gasteiger partial charge is 0.414 e. The monoisotopic (exact) mass is 206 g/mol. The average Bonchev–Trinajstić information content (AvgIpc) is 1.85. The van der Waals surface area contributed by atoms with E-state index < -0.39 is 24.8 Å². The van der Waals surface area contributed by atoms with Crippen LogP contribution >= 0.6 is 12.4 Å². The van der Waals surface area contributed by atoms with Gasteiger partial charge in [-0.05, 0) is 0 Å². The van der Waals surface area contributed by atoms with Crippen molar-refractivity contribution in [2.45, 2.75) is 24.8 Å². The lowest BCUT2D eigenvalue weighted by atomic mass is 10.1. The number of alkyl halides is 3. The van der Waals surface area contributed by atoms with Crippen molar-refractivity contribution in [1.82, 2.24) is 0 Å². The fraction of sp³-hybridized carbons (Fsp3) is 0.667. The summed E-state index contributed by atoms with van der Waals surface area (Å²) in [6.45, 7) is 3.07. The van der Waals surface area contributed by atoms with Gasteiger partial charge in [0, 0.05) is 6.42 Å². The first-order valence-electron chi connectivity index (χ1n) is 2.93. The Hall–Kier alpha value is -0.260. The smallest absolute Gasteiger partial charge is 0.389 e. The van der Waals surface area contributed by atoms with E-state index in [1.807, 2.05) is 0 Å². The molecule has 0 heterocycles. The van der Waals surface area contributed by atoms with Crippen LogP contribution in [0.15, 0.2) is 12.7 Å². The highest BCUT2D eigenvalue weighted by Crippen LogP contribution is 2.23. The van der Waals surface area contributed by atoms with Crippen LogP contribution in [0.4, 0.5) is 13.2 Å². The summed E-state index contributed by atoms with van der Waals surface area (Å²) in [6, 6.07) is 0. The summed E-state index contributed by atoms with van der Waals surface area (Å²) in [5.74, 6) is 0. The van der Waals surface area contributed by atoms with E-state index in [1.165, 1.54) is 0 Å². The lowest BCUT2D eigenvalue weighted by Gasteiger charge is -2.15. The summed E-state index contributed by atoms with van der Waals surface area (Å²) in [5.41, 5.74) is 0. The van der Waals surface area contributed by atoms with Crippen molar-refractivity contribution in [3.63, 3.8) is 0 Å². The molecule has 0 aromatic rings. The Balaban J connectivity index is 0. The van der Waals surface area contributed by atoms with Crippen LogP contribution in [0.25, 0.3) is 0 Å². The molecule has 2 N–H and O–H groups in total. The van der Waals surface area contributed by atoms with Crippen LogP contribution in [0.3, 0.4) is 0 Å². The van der Waals surface area contributed by atoms with E-state index in [4.69, 9.17) is 10.2 Å². The minimum Gasteiger partial charge on any atom is -0.389 e. The van der Waals surface area contributed by atoms with Crippen LogP contribution in [-0.2, 0) is 0 Å². The van der Waals surface area contributed by atoms with Gasteiger partial charge in [-0.15, -0.1) is 19.0 Å². The summed E-state index contributed by atoms with van der Waals surface area (Å²) in [4.78, 5) is 0. The van der Waals surface area contributed by atoms with Crippen molar-refractivity contribution >= 4 is 12.4 Å². The van der Waals surface area contributed by atoms with Crippen LogP contribution < -0.4 is 0 Å². The van der Waals surface area contributed by atoms with Gasteiger partial charge in [0.25, 0.3) is 0 Å². The minimum absolute atomic E-state index is 0. The molecule has 0 fully saturated rings. The van der Waals surface area contributed by atoms with Gasteiger partial charge < -0.3 is 10.2 Å². The number of halogens is 4. The maximum Gasteiger partial charge on any atom is 0.414 e. The van der Waals surface area contributed by atoms with Crippen molar-refractivity contribution in [3.05, 3.63) is 12.7 Å². The SMILES string of the molecule is C=CC(O)CC(O)C(F)(F)F.Cl. The molecule has 0 aliphatic carbocycles. The molecule has 0 aromatic carbocycles. The molecule has 12 heavy (non-hydrogen) atoms. The van der Waals surface area contributed by atoms with Gasteiger partial charge in [0.05, 0.1) is 6.10 Å². The van der Waals surface area contributed by atoms with Crippen molar-refractivity contribution in [2.75, 3.05) is 0 Å². The molecule has 2 atom stereocenters. The Kier molecular flexibility index (Phi) is 6.42. The van der Waals surface area contributed by atoms with Gasteiger partial charge in [-0.2, -0.15) is 13.2 Å². The molecule has 0 saturated heterocycles. The third-order valence-electron chi connectivity index (χ3n) is 1.11. The van der Waals surface area contributed by atoms with Crippen molar-refractivity contribution in [2.24, 2.45) is 0 Å². The van der Waals surface area contributed by atoms with Gasteiger partial charge in [0.15, 0.2) is 6.10 Å². The van der Waals surface area contributed by atoms with E-state index >= 15 is 0 Å². The Bertz CT molecular complexity index is 137. The maximum atomic E-state index is 11.6. The quantitative estimate of drug-likeness (QED) is 0.683. The lowest BCUT2D eigenvalue weighted by molar-refractivity contribution is -0.209. The zero-order valence-electron chi connectivity index (χ0n) is 6.08. The first-order chi connectivity index (χ1) is 4.88. The molecule has 2 nitrogen and oxygen atoms in total. The number of aliphatic hydroxyl groups excluding tert-OH is 2. The average molecular weight is 207 g/mol. The summed E-state index contributed by atoms with van der Waals surface area (Å²) in [6.07, 6.45) is -8.27. The zero-order chi connectivity index (χ0) is 9.07. The number of hydrogen-bond donors (Lipinski definition) is 2. The molecule has 0 aromatic heterocycles. The van der Waals surface area contributed by atoms with E-state index in [2.05, 4.69) is 6.58 Å². The number of rotatable bonds is 3. The fourth-order valence-electron chi connectivity index (χ4n) is 0.459. The molecule has 0 rings (SSSR count). The predicted molar refractivity (Wildman–Crippen MR) is 40.1 cm³/mol. The molecular weight excluding hydrogens is 197 g/mol. The van der Waals surface area contributed by atoms with Gasteiger partial charge >= 0.3 is 6.18 Å². The van der Waals surface area contributed by atoms with Crippen LogP contribution in [0.2, 0.25) is 0 Å². The normalized spacial score (nSPS) is 16.1. The Labute approximate surface area is 74.1 Å². The van der Waals surface area contributed by atoms with Crippen molar-refractivity contribution < 1.29 is 23.4 Å². The Morgan fingerprint density at radius 2 is 1.75 bits per heavy atom. The molecule has 0 saturated carbocycles. The molecule has 74 valence electrons. The Morgan fingerprint density at radius 1 is 1.33 bits per heavy atom. The molecule has 0 radical (unpaired) electrons. The predicted octanol–water partition coefficient (Wildman–Crippen LogP) is 1.27. The van der Waals surface area contributed by atoms with Crippen LogP contribution in [0.5, 0.6) is 0 Å². The van der Waals surface area contributed by atoms with Gasteiger partial charge in [-0.25, -0.2) is 0 Å². The van der Waals surface area contributed by atoms with Crippen molar-refractivity contribution in [1.29, 1.82) is 0 Å². The summed E-state index contributed by atoms with van der Waals surface area (Å²) < 4.78 is 34.7. The van der Waals surface area contributed by atoms with Crippen LogP contribution in [-0.4, -0.2) is 28.6 Å². The number of aliphatic hydroxyl groups is 2. The molecular formula is C6H10ClF3O2. The second-order valence-electron chi connectivity index (χ2n) is 2.10. The van der Waals surface area contributed by atoms with Gasteiger partial charge in [-0.3, -0.25) is 0 Å². The second-order valence-corrected chi connectivity index (χ2v) is 2.10. The van der Waals surface area contributed by atoms with Crippen LogP contribution in [0.1, 0.15) is 6.42 Å². The third-order valence-corrected chi connectivity index (χ3v) is 1.11. The highest BCUT2D eigenvalue weighted by molar-refractivity contribution is 5.85. The Morgan fingerprint density at radius 3 is 2.00 bits per heavy atom. The highest BCUT2D eigenvalue weighted by atomic mass is 35.5. The highest BCUT2D eigenvalue weighted by Gasteiger charge is 2.38. The summed E-state index contributed by atoms with van der Waals surface area (Å²) in [5, 5.41) is 17.0. The molecule has 0 spiro atoms. The maximum absolute atomic E-state index is 11.6. The standard InChI is InChI=1S/C6H9F3O2.ClH/c1-2-4(10)3-5(11)6(7,8)9;/h2,4-5,10-11H,1,3H2;1H. The van der Waals surface area contributed by atoms with Crippen LogP contribution in [0, 0.1) is 0 Å². The molecule has 0 aliphatic rings. The van der Waals surface area contributed by atoms with E-state index in [0.717, 1.165) is 6.08 Å². The second kappa shape index (κ2) is 5.40. The van der Waals surface area contributed by atoms with E-state index in [1.54, 1.807) is 0 Å². The first-order valence-corrected chi connectivity index (χ1v) is 2.93. The molecule has 0 amide bonds. The van der Waals surface area contributed by atoms with E-state index in [-0.39, 0.29) is 12.4 Å². The third kappa shape index (κ3) is 5.40. The zero-order valence-corrected chi connectivity index (χ0v) is 6.90. The number of hydrogen-bond acceptors (Lipinski definition) is 2. The first kappa shape index (κ1) is 14.3. The summed E-state index contributed by atoms with van der Waals surface area (Å²) in [7, 11) is 0. The molecule has 0 aliphatic heterocycles. The lowest BCUT2D eigenvalue weighted by Crippen LogP contribution is -2.31. The van der Waals surface area contributed by atoms with Crippen molar-refractivity contribution in [3.8, 4) is 0 Å². The topological polar surface area (TPSA) is 40.5 Å². The van der Waals surface area contributed by atoms with Gasteiger partial charge in [0.1, 0.15) is 0 Å². The van der Waals surface area contributed by atoms with E-state index in [0.29, 0.717) is 0 Å². The van der Waals surface area contributed by atoms with Gasteiger partial charge in [0.2, 0.25) is 0 Å². The molecule has 0 bridgehead atoms. The van der Waals surface area contributed by atoms with Gasteiger partial charge in [-0.1, -0.05) is 6.08 Å². The van der Waals surface area contributed by atoms with E-state index in [9.17, 15) is 13.2 Å². The summed E-state index contributed by atoms with van der Waals surface area (Å²) >= 11 is 0. The fourth-order valence-corrected chi connectivity index (χ4v) is 0.459. The molecule has 2 unspecified atom stereocenters.